The minimum absolute atomic E-state index is 0.278. The van der Waals surface area contributed by atoms with E-state index in [2.05, 4.69) is 59.4 Å². The van der Waals surface area contributed by atoms with E-state index < -0.39 is 0 Å². The Morgan fingerprint density at radius 1 is 1.06 bits per heavy atom. The lowest BCUT2D eigenvalue weighted by Crippen LogP contribution is -2.54. The van der Waals surface area contributed by atoms with E-state index in [0.29, 0.717) is 34.5 Å². The molecule has 0 bridgehead atoms. The maximum atomic E-state index is 9.53. The molecular formula is C30H45N. The highest BCUT2D eigenvalue weighted by Crippen LogP contribution is 2.69. The van der Waals surface area contributed by atoms with E-state index in [-0.39, 0.29) is 5.92 Å². The van der Waals surface area contributed by atoms with Crippen LogP contribution >= 0.6 is 0 Å². The lowest BCUT2D eigenvalue weighted by Gasteiger charge is -2.61. The van der Waals surface area contributed by atoms with E-state index in [1.54, 1.807) is 5.57 Å². The topological polar surface area (TPSA) is 23.8 Å². The molecule has 0 aliphatic heterocycles. The van der Waals surface area contributed by atoms with Gasteiger partial charge in [0.25, 0.3) is 0 Å². The second-order valence-corrected chi connectivity index (χ2v) is 12.6. The molecule has 4 aliphatic rings. The van der Waals surface area contributed by atoms with Gasteiger partial charge in [-0.3, -0.25) is 0 Å². The first-order chi connectivity index (χ1) is 14.6. The highest BCUT2D eigenvalue weighted by atomic mass is 14.7. The van der Waals surface area contributed by atoms with Crippen LogP contribution in [0.3, 0.4) is 0 Å². The third-order valence-corrected chi connectivity index (χ3v) is 10.9. The molecule has 0 amide bonds. The molecule has 0 aromatic rings. The van der Waals surface area contributed by atoms with Gasteiger partial charge in [-0.15, -0.1) is 0 Å². The van der Waals surface area contributed by atoms with Gasteiger partial charge in [-0.25, -0.2) is 0 Å². The summed E-state index contributed by atoms with van der Waals surface area (Å²) in [5.74, 6) is 5.20. The zero-order valence-electron chi connectivity index (χ0n) is 20.8. The van der Waals surface area contributed by atoms with Crippen molar-refractivity contribution in [2.75, 3.05) is 0 Å². The number of rotatable bonds is 4. The average Bonchev–Trinajstić information content (AvgIpc) is 3.09. The Morgan fingerprint density at radius 3 is 2.42 bits per heavy atom. The fraction of sp³-hybridized carbons (Fsp3) is 0.767. The van der Waals surface area contributed by atoms with E-state index >= 15 is 0 Å². The Balaban J connectivity index is 1.55. The predicted molar refractivity (Wildman–Crippen MR) is 131 cm³/mol. The summed E-state index contributed by atoms with van der Waals surface area (Å²) in [7, 11) is 0. The van der Waals surface area contributed by atoms with Gasteiger partial charge in [0.05, 0.1) is 6.07 Å². The summed E-state index contributed by atoms with van der Waals surface area (Å²) in [6, 6.07) is 2.59. The molecule has 1 heteroatoms. The summed E-state index contributed by atoms with van der Waals surface area (Å²) < 4.78 is 0. The van der Waals surface area contributed by atoms with Gasteiger partial charge in [0.2, 0.25) is 0 Å². The minimum atomic E-state index is 0.278. The first kappa shape index (κ1) is 22.9. The standard InChI is InChI=1S/C30H45N/c1-19(2)20(3)8-9-21(4)25-10-11-26-28-22(5)16-24-17-23(18-31)12-14-29(24,6)27(28)13-15-30(25,26)7/h8-9,19,21,23-28H,3,5,10-17H2,1-2,4,6-7H3/b9-8+. The molecule has 0 spiro atoms. The van der Waals surface area contributed by atoms with Crippen LogP contribution < -0.4 is 0 Å². The predicted octanol–water partition coefficient (Wildman–Crippen LogP) is 8.36. The largest absolute Gasteiger partial charge is 0.198 e. The van der Waals surface area contributed by atoms with E-state index in [1.165, 1.54) is 44.1 Å². The molecule has 9 atom stereocenters. The van der Waals surface area contributed by atoms with Crippen molar-refractivity contribution in [1.82, 2.24) is 0 Å². The van der Waals surface area contributed by atoms with E-state index in [1.807, 2.05) is 0 Å². The lowest BCUT2D eigenvalue weighted by molar-refractivity contribution is -0.0921. The van der Waals surface area contributed by atoms with Crippen LogP contribution in [0.25, 0.3) is 0 Å². The number of hydrogen-bond acceptors (Lipinski definition) is 1. The van der Waals surface area contributed by atoms with Gasteiger partial charge in [-0.1, -0.05) is 71.1 Å². The Hall–Kier alpha value is -1.29. The number of hydrogen-bond donors (Lipinski definition) is 0. The maximum Gasteiger partial charge on any atom is 0.0655 e. The third kappa shape index (κ3) is 3.67. The Labute approximate surface area is 192 Å². The first-order valence-corrected chi connectivity index (χ1v) is 13.1. The summed E-state index contributed by atoms with van der Waals surface area (Å²) in [6.07, 6.45) is 14.9. The van der Waals surface area contributed by atoms with Gasteiger partial charge in [-0.05, 0) is 104 Å². The second-order valence-electron chi connectivity index (χ2n) is 12.6. The fourth-order valence-electron chi connectivity index (χ4n) is 8.75. The lowest BCUT2D eigenvalue weighted by atomic mass is 9.43. The monoisotopic (exact) mass is 419 g/mol. The van der Waals surface area contributed by atoms with Gasteiger partial charge in [0, 0.05) is 5.92 Å². The highest BCUT2D eigenvalue weighted by molar-refractivity contribution is 5.23. The van der Waals surface area contributed by atoms with Crippen molar-refractivity contribution in [3.05, 3.63) is 36.5 Å². The van der Waals surface area contributed by atoms with Crippen molar-refractivity contribution in [1.29, 1.82) is 5.26 Å². The molecule has 4 aliphatic carbocycles. The SMILES string of the molecule is C=C(/C=C/C(C)C1CCC2C3C(=C)CC4CC(C#N)CCC4(C)C3CCC12C)C(C)C. The molecule has 0 aromatic carbocycles. The molecule has 170 valence electrons. The molecule has 0 aromatic heterocycles. The molecule has 4 saturated carbocycles. The molecule has 4 fully saturated rings. The van der Waals surface area contributed by atoms with Gasteiger partial charge in [0.15, 0.2) is 0 Å². The van der Waals surface area contributed by atoms with Gasteiger partial charge in [0.1, 0.15) is 0 Å². The van der Waals surface area contributed by atoms with Gasteiger partial charge >= 0.3 is 0 Å². The molecule has 0 N–H and O–H groups in total. The van der Waals surface area contributed by atoms with E-state index in [4.69, 9.17) is 6.58 Å². The van der Waals surface area contributed by atoms with Crippen molar-refractivity contribution in [3.63, 3.8) is 0 Å². The maximum absolute atomic E-state index is 9.53. The van der Waals surface area contributed by atoms with Gasteiger partial charge in [-0.2, -0.15) is 5.26 Å². The van der Waals surface area contributed by atoms with Crippen LogP contribution in [0.4, 0.5) is 0 Å². The quantitative estimate of drug-likeness (QED) is 0.332. The number of allylic oxidation sites excluding steroid dienone is 4. The van der Waals surface area contributed by atoms with Crippen molar-refractivity contribution >= 4 is 0 Å². The third-order valence-electron chi connectivity index (χ3n) is 10.9. The normalized spacial score (nSPS) is 45.6. The summed E-state index contributed by atoms with van der Waals surface area (Å²) in [4.78, 5) is 0. The molecule has 31 heavy (non-hydrogen) atoms. The molecule has 9 unspecified atom stereocenters. The molecule has 4 rings (SSSR count). The summed E-state index contributed by atoms with van der Waals surface area (Å²) in [5, 5.41) is 9.53. The second kappa shape index (κ2) is 8.24. The van der Waals surface area contributed by atoms with Crippen molar-refractivity contribution in [2.45, 2.75) is 86.0 Å². The highest BCUT2D eigenvalue weighted by Gasteiger charge is 2.61. The summed E-state index contributed by atoms with van der Waals surface area (Å²) in [6.45, 7) is 21.1. The van der Waals surface area contributed by atoms with E-state index in [0.717, 1.165) is 30.6 Å². The van der Waals surface area contributed by atoms with Crippen LogP contribution in [0, 0.1) is 69.5 Å². The smallest absolute Gasteiger partial charge is 0.0655 e. The molecule has 1 nitrogen and oxygen atoms in total. The fourth-order valence-corrected chi connectivity index (χ4v) is 8.75. The molecule has 0 saturated heterocycles. The van der Waals surface area contributed by atoms with Crippen LogP contribution in [0.1, 0.15) is 86.0 Å². The van der Waals surface area contributed by atoms with Crippen LogP contribution in [0.15, 0.2) is 36.5 Å². The number of nitriles is 1. The first-order valence-electron chi connectivity index (χ1n) is 13.1. The van der Waals surface area contributed by atoms with Crippen molar-refractivity contribution in [2.24, 2.45) is 58.2 Å². The van der Waals surface area contributed by atoms with E-state index in [9.17, 15) is 5.26 Å². The summed E-state index contributed by atoms with van der Waals surface area (Å²) in [5.41, 5.74) is 3.67. The molecule has 0 radical (unpaired) electrons. The van der Waals surface area contributed by atoms with Crippen LogP contribution in [-0.4, -0.2) is 0 Å². The Kier molecular flexibility index (Phi) is 6.09. The Morgan fingerprint density at radius 2 is 1.74 bits per heavy atom. The van der Waals surface area contributed by atoms with Crippen molar-refractivity contribution in [3.8, 4) is 6.07 Å². The average molecular weight is 420 g/mol. The van der Waals surface area contributed by atoms with Crippen LogP contribution in [0.2, 0.25) is 0 Å². The number of fused-ring (bicyclic) bond motifs is 5. The number of nitrogens with zero attached hydrogens (tertiary/aromatic N) is 1. The van der Waals surface area contributed by atoms with Crippen LogP contribution in [0.5, 0.6) is 0 Å². The Bertz CT molecular complexity index is 796. The minimum Gasteiger partial charge on any atom is -0.198 e. The summed E-state index contributed by atoms with van der Waals surface area (Å²) >= 11 is 0. The molecular weight excluding hydrogens is 374 g/mol. The van der Waals surface area contributed by atoms with Crippen LogP contribution in [-0.2, 0) is 0 Å². The van der Waals surface area contributed by atoms with Crippen molar-refractivity contribution < 1.29 is 0 Å². The molecule has 0 heterocycles. The van der Waals surface area contributed by atoms with Gasteiger partial charge < -0.3 is 0 Å². The zero-order valence-corrected chi connectivity index (χ0v) is 20.8. The zero-order chi connectivity index (χ0) is 22.6.